The number of aromatic nitrogens is 1. The van der Waals surface area contributed by atoms with Gasteiger partial charge >= 0.3 is 0 Å². The van der Waals surface area contributed by atoms with E-state index < -0.39 is 0 Å². The number of nitrogens with two attached hydrogens (primary N) is 1. The van der Waals surface area contributed by atoms with Gasteiger partial charge in [0, 0.05) is 13.2 Å². The number of nitrogens with one attached hydrogen (secondary N) is 1. The van der Waals surface area contributed by atoms with E-state index in [1.807, 2.05) is 0 Å². The summed E-state index contributed by atoms with van der Waals surface area (Å²) in [7, 11) is 1.57. The van der Waals surface area contributed by atoms with Crippen LogP contribution >= 0.6 is 0 Å². The van der Waals surface area contributed by atoms with Crippen LogP contribution in [0.4, 0.5) is 0 Å². The second-order valence-corrected chi connectivity index (χ2v) is 2.98. The van der Waals surface area contributed by atoms with Crippen LogP contribution in [0.15, 0.2) is 18.5 Å². The van der Waals surface area contributed by atoms with Crippen LogP contribution in [0.1, 0.15) is 16.8 Å². The molecule has 0 saturated carbocycles. The first-order chi connectivity index (χ1) is 7.27. The number of hydrogen-bond acceptors (Lipinski definition) is 4. The fraction of sp³-hybridized carbons (Fsp3) is 0.400. The van der Waals surface area contributed by atoms with Gasteiger partial charge < -0.3 is 15.8 Å². The maximum absolute atomic E-state index is 11.3. The van der Waals surface area contributed by atoms with Crippen molar-refractivity contribution in [3.8, 4) is 5.75 Å². The van der Waals surface area contributed by atoms with E-state index in [1.165, 1.54) is 6.20 Å². The molecular weight excluding hydrogens is 194 g/mol. The Morgan fingerprint density at radius 2 is 2.40 bits per heavy atom. The monoisotopic (exact) mass is 209 g/mol. The molecule has 1 aromatic heterocycles. The number of pyridine rings is 1. The lowest BCUT2D eigenvalue weighted by atomic mass is 10.2. The Labute approximate surface area is 88.6 Å². The van der Waals surface area contributed by atoms with Crippen molar-refractivity contribution in [2.75, 3.05) is 20.2 Å². The zero-order chi connectivity index (χ0) is 11.1. The first-order valence-electron chi connectivity index (χ1n) is 4.78. The molecule has 0 aliphatic heterocycles. The Morgan fingerprint density at radius 1 is 1.60 bits per heavy atom. The number of carbonyl (C=O) groups excluding carboxylic acids is 1. The molecule has 15 heavy (non-hydrogen) atoms. The molecule has 1 amide bonds. The Hall–Kier alpha value is -1.62. The van der Waals surface area contributed by atoms with E-state index in [1.54, 1.807) is 19.3 Å². The highest BCUT2D eigenvalue weighted by Gasteiger charge is 2.04. The molecule has 0 aliphatic rings. The maximum Gasteiger partial charge on any atom is 0.252 e. The van der Waals surface area contributed by atoms with Crippen LogP contribution in [0.25, 0.3) is 0 Å². The predicted molar refractivity (Wildman–Crippen MR) is 56.8 cm³/mol. The number of rotatable bonds is 5. The van der Waals surface area contributed by atoms with Gasteiger partial charge in [-0.2, -0.15) is 0 Å². The number of amides is 1. The minimum absolute atomic E-state index is 0.174. The van der Waals surface area contributed by atoms with E-state index in [0.29, 0.717) is 24.5 Å². The van der Waals surface area contributed by atoms with Gasteiger partial charge in [0.1, 0.15) is 5.75 Å². The minimum Gasteiger partial charge on any atom is -0.492 e. The van der Waals surface area contributed by atoms with Crippen molar-refractivity contribution in [2.45, 2.75) is 6.42 Å². The molecule has 82 valence electrons. The molecule has 5 nitrogen and oxygen atoms in total. The first kappa shape index (κ1) is 11.5. The Morgan fingerprint density at radius 3 is 3.07 bits per heavy atom. The molecule has 0 aromatic carbocycles. The largest absolute Gasteiger partial charge is 0.492 e. The predicted octanol–water partition coefficient (Wildman–Crippen LogP) is 0.169. The lowest BCUT2D eigenvalue weighted by Crippen LogP contribution is -2.18. The highest BCUT2D eigenvalue weighted by molar-refractivity contribution is 5.93. The standard InChI is InChI=1S/C10H15N3O2/c1-12-10(14)8-5-9(7-13-6-8)15-4-2-3-11/h5-7H,2-4,11H2,1H3,(H,12,14). The maximum atomic E-state index is 11.3. The summed E-state index contributed by atoms with van der Waals surface area (Å²) in [5, 5.41) is 2.52. The normalized spacial score (nSPS) is 9.73. The van der Waals surface area contributed by atoms with Gasteiger partial charge in [0.25, 0.3) is 5.91 Å². The van der Waals surface area contributed by atoms with Crippen molar-refractivity contribution in [3.63, 3.8) is 0 Å². The number of hydrogen-bond donors (Lipinski definition) is 2. The molecule has 0 atom stereocenters. The lowest BCUT2D eigenvalue weighted by Gasteiger charge is -2.05. The Bertz CT molecular complexity index is 328. The number of nitrogens with zero attached hydrogens (tertiary/aromatic N) is 1. The van der Waals surface area contributed by atoms with Crippen LogP contribution in [-0.2, 0) is 0 Å². The summed E-state index contributed by atoms with van der Waals surface area (Å²) >= 11 is 0. The third-order valence-electron chi connectivity index (χ3n) is 1.82. The summed E-state index contributed by atoms with van der Waals surface area (Å²) in [5.41, 5.74) is 5.82. The summed E-state index contributed by atoms with van der Waals surface area (Å²) < 4.78 is 5.36. The van der Waals surface area contributed by atoms with Crippen molar-refractivity contribution in [2.24, 2.45) is 5.73 Å². The fourth-order valence-electron chi connectivity index (χ4n) is 1.04. The molecule has 5 heteroatoms. The van der Waals surface area contributed by atoms with Crippen LogP contribution in [-0.4, -0.2) is 31.1 Å². The van der Waals surface area contributed by atoms with Crippen LogP contribution in [0, 0.1) is 0 Å². The SMILES string of the molecule is CNC(=O)c1cncc(OCCCN)c1. The molecule has 0 fully saturated rings. The Balaban J connectivity index is 2.62. The zero-order valence-corrected chi connectivity index (χ0v) is 8.69. The average molecular weight is 209 g/mol. The van der Waals surface area contributed by atoms with Crippen molar-refractivity contribution in [1.29, 1.82) is 0 Å². The van der Waals surface area contributed by atoms with Gasteiger partial charge in [0.05, 0.1) is 18.4 Å². The third kappa shape index (κ3) is 3.55. The molecule has 0 unspecified atom stereocenters. The summed E-state index contributed by atoms with van der Waals surface area (Å²) in [4.78, 5) is 15.2. The molecule has 0 spiro atoms. The quantitative estimate of drug-likeness (QED) is 0.678. The topological polar surface area (TPSA) is 77.2 Å². The van der Waals surface area contributed by atoms with Gasteiger partial charge in [-0.3, -0.25) is 9.78 Å². The molecule has 0 saturated heterocycles. The first-order valence-corrected chi connectivity index (χ1v) is 4.78. The second kappa shape index (κ2) is 5.98. The molecule has 1 heterocycles. The molecule has 3 N–H and O–H groups in total. The Kier molecular flexibility index (Phi) is 4.56. The summed E-state index contributed by atoms with van der Waals surface area (Å²) in [5.74, 6) is 0.413. The second-order valence-electron chi connectivity index (χ2n) is 2.98. The van der Waals surface area contributed by atoms with Gasteiger partial charge in [0.15, 0.2) is 0 Å². The number of carbonyl (C=O) groups is 1. The van der Waals surface area contributed by atoms with E-state index in [9.17, 15) is 4.79 Å². The average Bonchev–Trinajstić information content (AvgIpc) is 2.29. The van der Waals surface area contributed by atoms with Crippen LogP contribution in [0.2, 0.25) is 0 Å². The molecular formula is C10H15N3O2. The van der Waals surface area contributed by atoms with Crippen LogP contribution < -0.4 is 15.8 Å². The van der Waals surface area contributed by atoms with Gasteiger partial charge in [-0.25, -0.2) is 0 Å². The van der Waals surface area contributed by atoms with E-state index in [4.69, 9.17) is 10.5 Å². The summed E-state index contributed by atoms with van der Waals surface area (Å²) in [6.07, 6.45) is 3.85. The number of ether oxygens (including phenoxy) is 1. The van der Waals surface area contributed by atoms with Crippen LogP contribution in [0.3, 0.4) is 0 Å². The zero-order valence-electron chi connectivity index (χ0n) is 8.69. The minimum atomic E-state index is -0.174. The molecule has 1 rings (SSSR count). The van der Waals surface area contributed by atoms with Gasteiger partial charge in [-0.1, -0.05) is 0 Å². The van der Waals surface area contributed by atoms with Crippen molar-refractivity contribution in [3.05, 3.63) is 24.0 Å². The molecule has 0 bridgehead atoms. The third-order valence-corrected chi connectivity index (χ3v) is 1.82. The van der Waals surface area contributed by atoms with E-state index in [2.05, 4.69) is 10.3 Å². The lowest BCUT2D eigenvalue weighted by molar-refractivity contribution is 0.0962. The van der Waals surface area contributed by atoms with E-state index >= 15 is 0 Å². The molecule has 0 aliphatic carbocycles. The smallest absolute Gasteiger partial charge is 0.252 e. The van der Waals surface area contributed by atoms with Gasteiger partial charge in [-0.15, -0.1) is 0 Å². The van der Waals surface area contributed by atoms with Gasteiger partial charge in [0.2, 0.25) is 0 Å². The molecule has 0 radical (unpaired) electrons. The van der Waals surface area contributed by atoms with Crippen molar-refractivity contribution < 1.29 is 9.53 Å². The van der Waals surface area contributed by atoms with Crippen molar-refractivity contribution in [1.82, 2.24) is 10.3 Å². The highest BCUT2D eigenvalue weighted by atomic mass is 16.5. The van der Waals surface area contributed by atoms with Crippen LogP contribution in [0.5, 0.6) is 5.75 Å². The van der Waals surface area contributed by atoms with Crippen molar-refractivity contribution >= 4 is 5.91 Å². The van der Waals surface area contributed by atoms with E-state index in [0.717, 1.165) is 6.42 Å². The summed E-state index contributed by atoms with van der Waals surface area (Å²) in [6, 6.07) is 1.66. The molecule has 1 aromatic rings. The van der Waals surface area contributed by atoms with Gasteiger partial charge in [-0.05, 0) is 19.0 Å². The summed E-state index contributed by atoms with van der Waals surface area (Å²) in [6.45, 7) is 1.12. The highest BCUT2D eigenvalue weighted by Crippen LogP contribution is 2.11. The fourth-order valence-corrected chi connectivity index (χ4v) is 1.04. The van der Waals surface area contributed by atoms with E-state index in [-0.39, 0.29) is 5.91 Å².